The molecule has 1 aliphatic rings. The smallest absolute Gasteiger partial charge is 0.312 e. The third-order valence-corrected chi connectivity index (χ3v) is 4.90. The molecule has 1 aliphatic heterocycles. The maximum atomic E-state index is 13.2. The number of aromatic hydroxyl groups is 1. The molecule has 6 heteroatoms. The minimum absolute atomic E-state index is 0.0801. The number of furan rings is 1. The first-order valence-electron chi connectivity index (χ1n) is 8.79. The van der Waals surface area contributed by atoms with E-state index in [-0.39, 0.29) is 23.7 Å². The first-order chi connectivity index (χ1) is 13.0. The number of carbonyl (C=O) groups is 1. The zero-order valence-electron chi connectivity index (χ0n) is 14.8. The van der Waals surface area contributed by atoms with Crippen molar-refractivity contribution in [1.29, 1.82) is 0 Å². The lowest BCUT2D eigenvalue weighted by Gasteiger charge is -2.24. The number of phenols is 1. The van der Waals surface area contributed by atoms with Gasteiger partial charge in [0.25, 0.3) is 5.56 Å². The number of nitrogens with zero attached hydrogens (tertiary/aromatic N) is 1. The second kappa shape index (κ2) is 6.79. The van der Waals surface area contributed by atoms with Crippen LogP contribution in [-0.2, 0) is 17.8 Å². The molecule has 1 N–H and O–H groups in total. The first kappa shape index (κ1) is 17.1. The van der Waals surface area contributed by atoms with Gasteiger partial charge in [0, 0.05) is 18.3 Å². The summed E-state index contributed by atoms with van der Waals surface area (Å²) in [5, 5.41) is 9.40. The summed E-state index contributed by atoms with van der Waals surface area (Å²) >= 11 is 0. The molecule has 1 aromatic carbocycles. The van der Waals surface area contributed by atoms with Crippen LogP contribution in [0.2, 0.25) is 0 Å². The Balaban J connectivity index is 1.72. The maximum Gasteiger partial charge on any atom is 0.312 e. The highest BCUT2D eigenvalue weighted by atomic mass is 16.5. The molecule has 0 amide bonds. The Morgan fingerprint density at radius 1 is 1.19 bits per heavy atom. The number of fused-ring (bicyclic) bond motifs is 1. The fourth-order valence-corrected chi connectivity index (χ4v) is 3.51. The van der Waals surface area contributed by atoms with Crippen molar-refractivity contribution in [2.24, 2.45) is 0 Å². The van der Waals surface area contributed by atoms with Crippen LogP contribution in [0.25, 0.3) is 0 Å². The molecule has 3 heterocycles. The van der Waals surface area contributed by atoms with E-state index < -0.39 is 5.92 Å². The van der Waals surface area contributed by atoms with Crippen molar-refractivity contribution in [2.45, 2.75) is 32.2 Å². The van der Waals surface area contributed by atoms with Gasteiger partial charge >= 0.3 is 5.97 Å². The minimum Gasteiger partial charge on any atom is -0.508 e. The second-order valence-corrected chi connectivity index (χ2v) is 6.68. The first-order valence-corrected chi connectivity index (χ1v) is 8.79. The summed E-state index contributed by atoms with van der Waals surface area (Å²) in [6, 6.07) is 12.2. The lowest BCUT2D eigenvalue weighted by molar-refractivity contribution is -0.135. The molecule has 0 spiro atoms. The van der Waals surface area contributed by atoms with Crippen LogP contribution >= 0.6 is 0 Å². The van der Waals surface area contributed by atoms with Crippen LogP contribution in [0.5, 0.6) is 11.5 Å². The van der Waals surface area contributed by atoms with Gasteiger partial charge in [0.2, 0.25) is 0 Å². The third-order valence-electron chi connectivity index (χ3n) is 4.90. The van der Waals surface area contributed by atoms with E-state index in [9.17, 15) is 14.7 Å². The van der Waals surface area contributed by atoms with Gasteiger partial charge in [0.1, 0.15) is 17.3 Å². The molecule has 4 rings (SSSR count). The van der Waals surface area contributed by atoms with E-state index in [4.69, 9.17) is 9.15 Å². The summed E-state index contributed by atoms with van der Waals surface area (Å²) in [6.07, 6.45) is 2.26. The van der Waals surface area contributed by atoms with Crippen molar-refractivity contribution in [3.05, 3.63) is 81.7 Å². The van der Waals surface area contributed by atoms with Crippen LogP contribution in [0, 0.1) is 6.92 Å². The molecule has 1 atom stereocenters. The van der Waals surface area contributed by atoms with E-state index in [1.54, 1.807) is 34.9 Å². The van der Waals surface area contributed by atoms with Crippen molar-refractivity contribution in [1.82, 2.24) is 4.57 Å². The van der Waals surface area contributed by atoms with Gasteiger partial charge in [-0.1, -0.05) is 12.1 Å². The number of aromatic nitrogens is 1. The van der Waals surface area contributed by atoms with Crippen LogP contribution in [0.4, 0.5) is 0 Å². The average Bonchev–Trinajstić information content (AvgIpc) is 3.16. The Kier molecular flexibility index (Phi) is 4.32. The molecule has 0 saturated carbocycles. The summed E-state index contributed by atoms with van der Waals surface area (Å²) in [7, 11) is 0. The topological polar surface area (TPSA) is 81.7 Å². The number of hydrogen-bond donors (Lipinski definition) is 1. The molecule has 0 fully saturated rings. The quantitative estimate of drug-likeness (QED) is 0.719. The Morgan fingerprint density at radius 2 is 1.96 bits per heavy atom. The molecule has 6 nitrogen and oxygen atoms in total. The number of benzene rings is 1. The number of esters is 1. The number of ether oxygens (including phenoxy) is 1. The summed E-state index contributed by atoms with van der Waals surface area (Å²) in [6.45, 7) is 2.31. The minimum atomic E-state index is -0.440. The predicted octanol–water partition coefficient (Wildman–Crippen LogP) is 3.14. The van der Waals surface area contributed by atoms with E-state index >= 15 is 0 Å². The van der Waals surface area contributed by atoms with E-state index in [0.29, 0.717) is 30.0 Å². The highest BCUT2D eigenvalue weighted by molar-refractivity contribution is 5.77. The molecular formula is C21H19NO5. The van der Waals surface area contributed by atoms with Gasteiger partial charge in [-0.2, -0.15) is 0 Å². The third kappa shape index (κ3) is 3.26. The number of aryl methyl sites for hydroxylation is 2. The number of hydrogen-bond acceptors (Lipinski definition) is 5. The summed E-state index contributed by atoms with van der Waals surface area (Å²) in [5.41, 5.74) is 2.04. The Morgan fingerprint density at radius 3 is 2.67 bits per heavy atom. The number of carbonyl (C=O) groups excluding carboxylic acids is 1. The monoisotopic (exact) mass is 365 g/mol. The molecule has 0 radical (unpaired) electrons. The number of rotatable bonds is 4. The van der Waals surface area contributed by atoms with Crippen molar-refractivity contribution < 1.29 is 19.1 Å². The SMILES string of the molecule is Cc1cc2c(c(=O)n1CCc1ccc(O)cc1)[C@@H](c1ccco1)CC(=O)O2. The fourth-order valence-electron chi connectivity index (χ4n) is 3.51. The predicted molar refractivity (Wildman–Crippen MR) is 98.1 cm³/mol. The zero-order chi connectivity index (χ0) is 19.0. The summed E-state index contributed by atoms with van der Waals surface area (Å²) < 4.78 is 12.5. The molecule has 27 heavy (non-hydrogen) atoms. The largest absolute Gasteiger partial charge is 0.508 e. The van der Waals surface area contributed by atoms with Gasteiger partial charge in [-0.25, -0.2) is 0 Å². The average molecular weight is 365 g/mol. The number of phenolic OH excluding ortho intramolecular Hbond substituents is 1. The molecule has 0 saturated heterocycles. The van der Waals surface area contributed by atoms with Gasteiger partial charge in [-0.05, 0) is 43.2 Å². The van der Waals surface area contributed by atoms with Crippen LogP contribution < -0.4 is 10.3 Å². The summed E-state index contributed by atoms with van der Waals surface area (Å²) in [4.78, 5) is 25.2. The van der Waals surface area contributed by atoms with Crippen molar-refractivity contribution in [3.8, 4) is 11.5 Å². The van der Waals surface area contributed by atoms with Crippen molar-refractivity contribution in [3.63, 3.8) is 0 Å². The van der Waals surface area contributed by atoms with Crippen LogP contribution in [0.1, 0.15) is 34.9 Å². The fraction of sp³-hybridized carbons (Fsp3) is 0.238. The maximum absolute atomic E-state index is 13.2. The molecule has 0 aliphatic carbocycles. The van der Waals surface area contributed by atoms with Crippen molar-refractivity contribution >= 4 is 5.97 Å². The van der Waals surface area contributed by atoms with Gasteiger partial charge in [0.15, 0.2) is 0 Å². The number of pyridine rings is 1. The van der Waals surface area contributed by atoms with Gasteiger partial charge in [-0.3, -0.25) is 9.59 Å². The molecule has 138 valence electrons. The molecule has 3 aromatic rings. The molecule has 0 bridgehead atoms. The zero-order valence-corrected chi connectivity index (χ0v) is 14.8. The highest BCUT2D eigenvalue weighted by Gasteiger charge is 2.34. The molecule has 0 unspecified atom stereocenters. The van der Waals surface area contributed by atoms with E-state index in [2.05, 4.69) is 0 Å². The normalized spacial score (nSPS) is 16.0. The lowest BCUT2D eigenvalue weighted by atomic mass is 9.91. The Hall–Kier alpha value is -3.28. The Labute approximate surface area is 155 Å². The lowest BCUT2D eigenvalue weighted by Crippen LogP contribution is -2.33. The second-order valence-electron chi connectivity index (χ2n) is 6.68. The van der Waals surface area contributed by atoms with Crippen LogP contribution in [-0.4, -0.2) is 15.6 Å². The molecular weight excluding hydrogens is 346 g/mol. The summed E-state index contributed by atoms with van der Waals surface area (Å²) in [5.74, 6) is 0.299. The Bertz CT molecular complexity index is 1030. The standard InChI is InChI=1S/C21H19NO5/c1-13-11-18-20(16(12-19(24)27-18)17-3-2-10-26-17)21(25)22(13)9-8-14-4-6-15(23)7-5-14/h2-7,10-11,16,23H,8-9,12H2,1H3/t16-/m1/s1. The van der Waals surface area contributed by atoms with Gasteiger partial charge < -0.3 is 18.8 Å². The van der Waals surface area contributed by atoms with Gasteiger partial charge in [-0.15, -0.1) is 0 Å². The van der Waals surface area contributed by atoms with Crippen LogP contribution in [0.3, 0.4) is 0 Å². The molecule has 2 aromatic heterocycles. The van der Waals surface area contributed by atoms with Crippen LogP contribution in [0.15, 0.2) is 57.9 Å². The van der Waals surface area contributed by atoms with E-state index in [0.717, 1.165) is 11.3 Å². The van der Waals surface area contributed by atoms with E-state index in [1.165, 1.54) is 6.26 Å². The highest BCUT2D eigenvalue weighted by Crippen LogP contribution is 2.37. The van der Waals surface area contributed by atoms with Crippen molar-refractivity contribution in [2.75, 3.05) is 0 Å². The van der Waals surface area contributed by atoms with E-state index in [1.807, 2.05) is 19.1 Å². The van der Waals surface area contributed by atoms with Gasteiger partial charge in [0.05, 0.1) is 24.2 Å².